The molecule has 2 aromatic heterocycles. The number of nitrogens with zero attached hydrogens (tertiary/aromatic N) is 3. The van der Waals surface area contributed by atoms with Gasteiger partial charge in [-0.1, -0.05) is 22.7 Å². The SMILES string of the molecule is CCOc1ccc2nc(NC(=O)C3CN(c4nc5cc(OC)ccc5s4)C3)sc2c1. The van der Waals surface area contributed by atoms with Gasteiger partial charge in [-0.15, -0.1) is 0 Å². The zero-order chi connectivity index (χ0) is 20.7. The van der Waals surface area contributed by atoms with Gasteiger partial charge < -0.3 is 19.7 Å². The zero-order valence-corrected chi connectivity index (χ0v) is 18.2. The lowest BCUT2D eigenvalue weighted by Gasteiger charge is -2.37. The van der Waals surface area contributed by atoms with E-state index in [9.17, 15) is 4.79 Å². The third-order valence-corrected chi connectivity index (χ3v) is 7.04. The summed E-state index contributed by atoms with van der Waals surface area (Å²) in [6, 6.07) is 11.7. The summed E-state index contributed by atoms with van der Waals surface area (Å²) < 4.78 is 12.9. The van der Waals surface area contributed by atoms with Crippen molar-refractivity contribution in [2.24, 2.45) is 5.92 Å². The Balaban J connectivity index is 1.23. The van der Waals surface area contributed by atoms with Crippen molar-refractivity contribution in [1.29, 1.82) is 0 Å². The molecule has 9 heteroatoms. The first-order valence-corrected chi connectivity index (χ1v) is 11.3. The highest BCUT2D eigenvalue weighted by Crippen LogP contribution is 2.35. The van der Waals surface area contributed by atoms with Gasteiger partial charge in [0.1, 0.15) is 11.5 Å². The van der Waals surface area contributed by atoms with E-state index in [1.807, 2.05) is 43.3 Å². The van der Waals surface area contributed by atoms with E-state index in [-0.39, 0.29) is 11.8 Å². The molecule has 0 unspecified atom stereocenters. The number of aromatic nitrogens is 2. The molecule has 1 aliphatic heterocycles. The first-order valence-electron chi connectivity index (χ1n) is 9.66. The molecule has 0 bridgehead atoms. The van der Waals surface area contributed by atoms with E-state index >= 15 is 0 Å². The van der Waals surface area contributed by atoms with Crippen molar-refractivity contribution in [2.75, 3.05) is 37.0 Å². The van der Waals surface area contributed by atoms with E-state index in [1.165, 1.54) is 11.3 Å². The molecule has 4 aromatic rings. The summed E-state index contributed by atoms with van der Waals surface area (Å²) in [5.41, 5.74) is 1.78. The third-order valence-electron chi connectivity index (χ3n) is 5.01. The summed E-state index contributed by atoms with van der Waals surface area (Å²) >= 11 is 3.09. The lowest BCUT2D eigenvalue weighted by atomic mass is 10.0. The van der Waals surface area contributed by atoms with Crippen LogP contribution in [-0.4, -0.2) is 42.7 Å². The van der Waals surface area contributed by atoms with Gasteiger partial charge in [0, 0.05) is 19.2 Å². The highest BCUT2D eigenvalue weighted by atomic mass is 32.1. The van der Waals surface area contributed by atoms with Crippen molar-refractivity contribution in [3.8, 4) is 11.5 Å². The Morgan fingerprint density at radius 2 is 1.93 bits per heavy atom. The van der Waals surface area contributed by atoms with Gasteiger partial charge in [0.05, 0.1) is 40.1 Å². The standard InChI is InChI=1S/C21H20N4O3S2/c1-3-28-14-4-6-15-18(9-14)29-20(22-15)24-19(26)12-10-25(11-12)21-23-16-8-13(27-2)5-7-17(16)30-21/h4-9,12H,3,10-11H2,1-2H3,(H,22,24,26). The van der Waals surface area contributed by atoms with Crippen molar-refractivity contribution in [3.05, 3.63) is 36.4 Å². The highest BCUT2D eigenvalue weighted by Gasteiger charge is 2.34. The van der Waals surface area contributed by atoms with Gasteiger partial charge in [-0.25, -0.2) is 9.97 Å². The Bertz CT molecular complexity index is 1230. The second kappa shape index (κ2) is 7.73. The normalized spacial score (nSPS) is 14.1. The number of thiazole rings is 2. The number of carbonyl (C=O) groups excluding carboxylic acids is 1. The number of rotatable bonds is 6. The number of nitrogens with one attached hydrogen (secondary N) is 1. The van der Waals surface area contributed by atoms with Crippen LogP contribution in [-0.2, 0) is 4.79 Å². The predicted molar refractivity (Wildman–Crippen MR) is 121 cm³/mol. The molecular weight excluding hydrogens is 420 g/mol. The van der Waals surface area contributed by atoms with Crippen LogP contribution in [0.3, 0.4) is 0 Å². The second-order valence-corrected chi connectivity index (χ2v) is 9.04. The molecule has 0 spiro atoms. The Hall–Kier alpha value is -2.91. The van der Waals surface area contributed by atoms with Gasteiger partial charge in [-0.2, -0.15) is 0 Å². The lowest BCUT2D eigenvalue weighted by Crippen LogP contribution is -2.52. The predicted octanol–water partition coefficient (Wildman–Crippen LogP) is 4.39. The molecular formula is C21H20N4O3S2. The topological polar surface area (TPSA) is 76.6 Å². The largest absolute Gasteiger partial charge is 0.497 e. The summed E-state index contributed by atoms with van der Waals surface area (Å²) in [7, 11) is 1.65. The van der Waals surface area contributed by atoms with Crippen LogP contribution in [0.1, 0.15) is 6.92 Å². The maximum Gasteiger partial charge on any atom is 0.232 e. The van der Waals surface area contributed by atoms with Crippen molar-refractivity contribution in [3.63, 3.8) is 0 Å². The second-order valence-electron chi connectivity index (χ2n) is 7.00. The van der Waals surface area contributed by atoms with Crippen LogP contribution in [0, 0.1) is 5.92 Å². The van der Waals surface area contributed by atoms with Gasteiger partial charge in [0.25, 0.3) is 0 Å². The monoisotopic (exact) mass is 440 g/mol. The zero-order valence-electron chi connectivity index (χ0n) is 16.5. The number of carbonyl (C=O) groups is 1. The van der Waals surface area contributed by atoms with E-state index in [4.69, 9.17) is 9.47 Å². The smallest absolute Gasteiger partial charge is 0.232 e. The Kier molecular flexibility index (Phi) is 4.92. The molecule has 1 saturated heterocycles. The van der Waals surface area contributed by atoms with Gasteiger partial charge >= 0.3 is 0 Å². The summed E-state index contributed by atoms with van der Waals surface area (Å²) in [6.45, 7) is 3.88. The molecule has 7 nitrogen and oxygen atoms in total. The van der Waals surface area contributed by atoms with E-state index < -0.39 is 0 Å². The van der Waals surface area contributed by atoms with E-state index in [2.05, 4.69) is 20.2 Å². The molecule has 154 valence electrons. The van der Waals surface area contributed by atoms with Crippen LogP contribution in [0.5, 0.6) is 11.5 Å². The minimum absolute atomic E-state index is 0.00174. The Labute approximate surface area is 181 Å². The molecule has 5 rings (SSSR count). The molecule has 3 heterocycles. The van der Waals surface area contributed by atoms with Crippen LogP contribution >= 0.6 is 22.7 Å². The fourth-order valence-electron chi connectivity index (χ4n) is 3.38. The summed E-state index contributed by atoms with van der Waals surface area (Å²) in [5, 5.41) is 4.52. The first-order chi connectivity index (χ1) is 14.6. The number of hydrogen-bond acceptors (Lipinski definition) is 8. The fraction of sp³-hybridized carbons (Fsp3) is 0.286. The van der Waals surface area contributed by atoms with E-state index in [1.54, 1.807) is 18.4 Å². The number of anilines is 2. The van der Waals surface area contributed by atoms with Gasteiger partial charge in [0.2, 0.25) is 5.91 Å². The highest BCUT2D eigenvalue weighted by molar-refractivity contribution is 7.22. The Morgan fingerprint density at radius 1 is 1.10 bits per heavy atom. The summed E-state index contributed by atoms with van der Waals surface area (Å²) in [5.74, 6) is 1.54. The van der Waals surface area contributed by atoms with Gasteiger partial charge in [-0.3, -0.25) is 4.79 Å². The Morgan fingerprint density at radius 3 is 2.73 bits per heavy atom. The maximum absolute atomic E-state index is 12.6. The third kappa shape index (κ3) is 3.54. The van der Waals surface area contributed by atoms with E-state index in [0.717, 1.165) is 37.1 Å². The maximum atomic E-state index is 12.6. The molecule has 30 heavy (non-hydrogen) atoms. The van der Waals surface area contributed by atoms with Gasteiger partial charge in [0.15, 0.2) is 10.3 Å². The molecule has 0 aliphatic carbocycles. The summed E-state index contributed by atoms with van der Waals surface area (Å²) in [4.78, 5) is 24.0. The average Bonchev–Trinajstić information content (AvgIpc) is 3.29. The molecule has 2 aromatic carbocycles. The van der Waals surface area contributed by atoms with Crippen LogP contribution in [0.4, 0.5) is 10.3 Å². The van der Waals surface area contributed by atoms with Crippen molar-refractivity contribution >= 4 is 59.3 Å². The molecule has 0 saturated carbocycles. The number of amides is 1. The average molecular weight is 441 g/mol. The number of fused-ring (bicyclic) bond motifs is 2. The quantitative estimate of drug-likeness (QED) is 0.479. The van der Waals surface area contributed by atoms with Crippen LogP contribution in [0.15, 0.2) is 36.4 Å². The molecule has 1 N–H and O–H groups in total. The summed E-state index contributed by atoms with van der Waals surface area (Å²) in [6.07, 6.45) is 0. The lowest BCUT2D eigenvalue weighted by molar-refractivity contribution is -0.120. The van der Waals surface area contributed by atoms with Crippen LogP contribution in [0.2, 0.25) is 0 Å². The minimum Gasteiger partial charge on any atom is -0.497 e. The molecule has 1 fully saturated rings. The van der Waals surface area contributed by atoms with Crippen molar-refractivity contribution in [1.82, 2.24) is 9.97 Å². The van der Waals surface area contributed by atoms with Gasteiger partial charge in [-0.05, 0) is 37.3 Å². The van der Waals surface area contributed by atoms with Crippen molar-refractivity contribution in [2.45, 2.75) is 6.92 Å². The molecule has 0 atom stereocenters. The molecule has 0 radical (unpaired) electrons. The number of ether oxygens (including phenoxy) is 2. The molecule has 1 amide bonds. The first kappa shape index (κ1) is 19.1. The molecule has 1 aliphatic rings. The van der Waals surface area contributed by atoms with Crippen LogP contribution in [0.25, 0.3) is 20.4 Å². The number of hydrogen-bond donors (Lipinski definition) is 1. The minimum atomic E-state index is -0.0717. The fourth-order valence-corrected chi connectivity index (χ4v) is 5.24. The van der Waals surface area contributed by atoms with Crippen LogP contribution < -0.4 is 19.7 Å². The number of benzene rings is 2. The van der Waals surface area contributed by atoms with E-state index in [0.29, 0.717) is 24.8 Å². The van der Waals surface area contributed by atoms with Crippen molar-refractivity contribution < 1.29 is 14.3 Å². The number of methoxy groups -OCH3 is 1.